The number of carbonyl (C=O) groups excluding carboxylic acids is 1. The number of alkyl halides is 3. The summed E-state index contributed by atoms with van der Waals surface area (Å²) in [6, 6.07) is 22.7. The molecule has 1 amide bonds. The Morgan fingerprint density at radius 3 is 2.60 bits per heavy atom. The molecule has 0 aliphatic rings. The van der Waals surface area contributed by atoms with E-state index in [1.807, 2.05) is 46.3 Å². The third-order valence-electron chi connectivity index (χ3n) is 6.60. The molecule has 4 heterocycles. The maximum Gasteiger partial charge on any atom is 0.449 e. The van der Waals surface area contributed by atoms with E-state index in [0.29, 0.717) is 34.0 Å². The zero-order chi connectivity index (χ0) is 29.6. The number of rotatable bonds is 6. The van der Waals surface area contributed by atoms with Gasteiger partial charge >= 0.3 is 6.18 Å². The number of anilines is 3. The van der Waals surface area contributed by atoms with Gasteiger partial charge < -0.3 is 15.6 Å². The van der Waals surface area contributed by atoms with Crippen molar-refractivity contribution in [1.29, 1.82) is 0 Å². The van der Waals surface area contributed by atoms with Crippen LogP contribution in [0.5, 0.6) is 0 Å². The van der Waals surface area contributed by atoms with Gasteiger partial charge in [0.25, 0.3) is 5.91 Å². The van der Waals surface area contributed by atoms with Crippen molar-refractivity contribution in [1.82, 2.24) is 29.3 Å². The number of aromatic amines is 1. The molecule has 0 atom stereocenters. The molecule has 0 spiro atoms. The number of imidazole rings is 2. The Balaban J connectivity index is 1.22. The summed E-state index contributed by atoms with van der Waals surface area (Å²) < 4.78 is 41.2. The maximum absolute atomic E-state index is 13.1. The van der Waals surface area contributed by atoms with E-state index in [-0.39, 0.29) is 22.9 Å². The standard InChI is InChI=1S/C30H19F3N8OS/c31-30(32,33)27-37-21-10-9-20(16-23(21)38-27)36-28-34-12-11-22(39-28)25-24(40-29-41(25)13-14-43-29)18-7-4-8-19(15-18)35-26(42)17-5-2-1-3-6-17/h1-16H,(H,35,42)(H,37,38)(H,34,36,39). The molecule has 7 rings (SSSR count). The Morgan fingerprint density at radius 2 is 1.77 bits per heavy atom. The van der Waals surface area contributed by atoms with Gasteiger partial charge in [-0.15, -0.1) is 11.3 Å². The highest BCUT2D eigenvalue weighted by Gasteiger charge is 2.34. The fraction of sp³-hybridized carbons (Fsp3) is 0.0333. The molecular formula is C30H19F3N8OS. The van der Waals surface area contributed by atoms with Gasteiger partial charge in [0.2, 0.25) is 11.8 Å². The Hall–Kier alpha value is -5.56. The van der Waals surface area contributed by atoms with Crippen LogP contribution < -0.4 is 10.6 Å². The van der Waals surface area contributed by atoms with E-state index in [2.05, 4.69) is 25.6 Å². The predicted octanol–water partition coefficient (Wildman–Crippen LogP) is 7.41. The molecule has 212 valence electrons. The third kappa shape index (κ3) is 5.17. The minimum absolute atomic E-state index is 0.158. The minimum Gasteiger partial charge on any atom is -0.334 e. The van der Waals surface area contributed by atoms with Gasteiger partial charge in [-0.2, -0.15) is 13.2 Å². The lowest BCUT2D eigenvalue weighted by Crippen LogP contribution is -2.11. The number of thiazole rings is 1. The molecule has 7 aromatic rings. The first-order chi connectivity index (χ1) is 20.8. The maximum atomic E-state index is 13.1. The van der Waals surface area contributed by atoms with E-state index < -0.39 is 12.0 Å². The van der Waals surface area contributed by atoms with Crippen LogP contribution in [0.4, 0.5) is 30.5 Å². The highest BCUT2D eigenvalue weighted by Crippen LogP contribution is 2.35. The average molecular weight is 597 g/mol. The summed E-state index contributed by atoms with van der Waals surface area (Å²) in [5.74, 6) is -1.05. The fourth-order valence-electron chi connectivity index (χ4n) is 4.67. The van der Waals surface area contributed by atoms with Crippen LogP contribution in [0.15, 0.2) is 96.6 Å². The quantitative estimate of drug-likeness (QED) is 0.184. The summed E-state index contributed by atoms with van der Waals surface area (Å²) in [5, 5.41) is 7.92. The first kappa shape index (κ1) is 26.3. The lowest BCUT2D eigenvalue weighted by Gasteiger charge is -2.10. The van der Waals surface area contributed by atoms with E-state index in [4.69, 9.17) is 9.97 Å². The van der Waals surface area contributed by atoms with Crippen molar-refractivity contribution in [3.8, 4) is 22.6 Å². The van der Waals surface area contributed by atoms with Gasteiger partial charge in [0.1, 0.15) is 5.69 Å². The number of hydrogen-bond donors (Lipinski definition) is 3. The van der Waals surface area contributed by atoms with E-state index >= 15 is 0 Å². The van der Waals surface area contributed by atoms with E-state index in [1.54, 1.807) is 42.6 Å². The Bertz CT molecular complexity index is 2120. The number of benzene rings is 3. The Morgan fingerprint density at radius 1 is 0.907 bits per heavy atom. The van der Waals surface area contributed by atoms with Crippen LogP contribution in [0.25, 0.3) is 38.6 Å². The van der Waals surface area contributed by atoms with Crippen LogP contribution in [0, 0.1) is 0 Å². The first-order valence-corrected chi connectivity index (χ1v) is 13.8. The smallest absolute Gasteiger partial charge is 0.334 e. The van der Waals surface area contributed by atoms with Crippen LogP contribution in [0.1, 0.15) is 16.2 Å². The van der Waals surface area contributed by atoms with Gasteiger partial charge in [-0.05, 0) is 48.5 Å². The topological polar surface area (TPSA) is 113 Å². The largest absolute Gasteiger partial charge is 0.449 e. The van der Waals surface area contributed by atoms with Crippen molar-refractivity contribution >= 4 is 50.6 Å². The molecular weight excluding hydrogens is 577 g/mol. The molecule has 0 aliphatic heterocycles. The van der Waals surface area contributed by atoms with Gasteiger partial charge in [-0.1, -0.05) is 30.3 Å². The summed E-state index contributed by atoms with van der Waals surface area (Å²) in [5.41, 5.74) is 4.76. The van der Waals surface area contributed by atoms with E-state index in [9.17, 15) is 18.0 Å². The highest BCUT2D eigenvalue weighted by molar-refractivity contribution is 7.15. The minimum atomic E-state index is -4.58. The molecule has 3 N–H and O–H groups in total. The van der Waals surface area contributed by atoms with E-state index in [0.717, 1.165) is 10.5 Å². The van der Waals surface area contributed by atoms with Crippen molar-refractivity contribution in [2.75, 3.05) is 10.6 Å². The number of nitrogens with one attached hydrogen (secondary N) is 3. The normalized spacial score (nSPS) is 11.7. The van der Waals surface area contributed by atoms with Gasteiger partial charge in [0.15, 0.2) is 4.96 Å². The number of amides is 1. The fourth-order valence-corrected chi connectivity index (χ4v) is 5.38. The van der Waals surface area contributed by atoms with Crippen LogP contribution in [0.2, 0.25) is 0 Å². The van der Waals surface area contributed by atoms with Gasteiger partial charge in [-0.25, -0.2) is 19.9 Å². The summed E-state index contributed by atoms with van der Waals surface area (Å²) in [6.07, 6.45) is -1.09. The summed E-state index contributed by atoms with van der Waals surface area (Å²) in [6.45, 7) is 0. The lowest BCUT2D eigenvalue weighted by atomic mass is 10.1. The van der Waals surface area contributed by atoms with Crippen molar-refractivity contribution in [3.05, 3.63) is 108 Å². The van der Waals surface area contributed by atoms with Crippen LogP contribution >= 0.6 is 11.3 Å². The molecule has 0 unspecified atom stereocenters. The monoisotopic (exact) mass is 596 g/mol. The molecule has 0 saturated heterocycles. The molecule has 0 saturated carbocycles. The van der Waals surface area contributed by atoms with Crippen molar-refractivity contribution in [3.63, 3.8) is 0 Å². The van der Waals surface area contributed by atoms with Crippen molar-refractivity contribution in [2.45, 2.75) is 6.18 Å². The van der Waals surface area contributed by atoms with Crippen molar-refractivity contribution < 1.29 is 18.0 Å². The first-order valence-electron chi connectivity index (χ1n) is 12.9. The number of nitrogens with zero attached hydrogens (tertiary/aromatic N) is 5. The second kappa shape index (κ2) is 10.4. The lowest BCUT2D eigenvalue weighted by molar-refractivity contribution is -0.144. The molecule has 9 nitrogen and oxygen atoms in total. The molecule has 13 heteroatoms. The van der Waals surface area contributed by atoms with Crippen LogP contribution in [0.3, 0.4) is 0 Å². The molecule has 43 heavy (non-hydrogen) atoms. The highest BCUT2D eigenvalue weighted by atomic mass is 32.1. The number of hydrogen-bond acceptors (Lipinski definition) is 7. The zero-order valence-corrected chi connectivity index (χ0v) is 22.7. The molecule has 3 aromatic carbocycles. The number of halogens is 3. The zero-order valence-electron chi connectivity index (χ0n) is 21.9. The second-order valence-corrected chi connectivity index (χ2v) is 10.3. The van der Waals surface area contributed by atoms with Gasteiger partial charge in [0.05, 0.1) is 22.4 Å². The Kier molecular flexibility index (Phi) is 6.35. The second-order valence-electron chi connectivity index (χ2n) is 9.47. The molecule has 0 aliphatic carbocycles. The summed E-state index contributed by atoms with van der Waals surface area (Å²) >= 11 is 1.47. The SMILES string of the molecule is O=C(Nc1cccc(-c2nc3sccn3c2-c2ccnc(Nc3ccc4[nH]c(C(F)(F)F)nc4c3)n2)c1)c1ccccc1. The van der Waals surface area contributed by atoms with Gasteiger partial charge in [0, 0.05) is 40.3 Å². The predicted molar refractivity (Wildman–Crippen MR) is 158 cm³/mol. The number of carbonyl (C=O) groups is 1. The average Bonchev–Trinajstić information content (AvgIpc) is 3.72. The number of aromatic nitrogens is 6. The van der Waals surface area contributed by atoms with Gasteiger partial charge in [-0.3, -0.25) is 9.20 Å². The third-order valence-corrected chi connectivity index (χ3v) is 7.35. The molecule has 0 bridgehead atoms. The number of fused-ring (bicyclic) bond motifs is 2. The van der Waals surface area contributed by atoms with Crippen LogP contribution in [-0.2, 0) is 6.18 Å². The molecule has 4 aromatic heterocycles. The number of H-pyrrole nitrogens is 1. The summed E-state index contributed by atoms with van der Waals surface area (Å²) in [4.78, 5) is 33.3. The molecule has 0 radical (unpaired) electrons. The van der Waals surface area contributed by atoms with Crippen molar-refractivity contribution in [2.24, 2.45) is 0 Å². The van der Waals surface area contributed by atoms with E-state index in [1.165, 1.54) is 23.5 Å². The van der Waals surface area contributed by atoms with Crippen LogP contribution in [-0.4, -0.2) is 35.2 Å². The Labute approximate surface area is 245 Å². The molecule has 0 fully saturated rings. The summed E-state index contributed by atoms with van der Waals surface area (Å²) in [7, 11) is 0.